The molecule has 1 aliphatic rings. The summed E-state index contributed by atoms with van der Waals surface area (Å²) in [4.78, 5) is 4.28. The van der Waals surface area contributed by atoms with E-state index in [4.69, 9.17) is 9.47 Å². The lowest BCUT2D eigenvalue weighted by molar-refractivity contribution is -0.0320. The molecule has 0 aromatic carbocycles. The minimum atomic E-state index is 0. The van der Waals surface area contributed by atoms with Crippen LogP contribution in [0.1, 0.15) is 58.8 Å². The SMILES string of the molecule is CCCCCC(C)NC(=NC)NCCCOC1CCOCC1.I. The molecule has 0 bridgehead atoms. The molecule has 0 amide bonds. The van der Waals surface area contributed by atoms with E-state index in [1.807, 2.05) is 7.05 Å². The lowest BCUT2D eigenvalue weighted by Gasteiger charge is -2.22. The second kappa shape index (κ2) is 15.4. The number of halogens is 1. The zero-order chi connectivity index (χ0) is 16.0. The van der Waals surface area contributed by atoms with E-state index in [0.29, 0.717) is 12.1 Å². The molecule has 5 nitrogen and oxygen atoms in total. The van der Waals surface area contributed by atoms with Gasteiger partial charge in [-0.25, -0.2) is 0 Å². The van der Waals surface area contributed by atoms with Crippen molar-refractivity contribution in [2.45, 2.75) is 70.9 Å². The van der Waals surface area contributed by atoms with Crippen molar-refractivity contribution in [3.8, 4) is 0 Å². The molecule has 0 aromatic rings. The number of nitrogens with one attached hydrogen (secondary N) is 2. The molecule has 1 unspecified atom stereocenters. The number of rotatable bonds is 10. The van der Waals surface area contributed by atoms with Gasteiger partial charge in [0.05, 0.1) is 6.10 Å². The van der Waals surface area contributed by atoms with E-state index in [1.54, 1.807) is 0 Å². The smallest absolute Gasteiger partial charge is 0.191 e. The van der Waals surface area contributed by atoms with Crippen molar-refractivity contribution in [1.29, 1.82) is 0 Å². The van der Waals surface area contributed by atoms with Gasteiger partial charge in [-0.2, -0.15) is 0 Å². The van der Waals surface area contributed by atoms with Crippen molar-refractivity contribution >= 4 is 29.9 Å². The van der Waals surface area contributed by atoms with Gasteiger partial charge in [0.25, 0.3) is 0 Å². The quantitative estimate of drug-likeness (QED) is 0.236. The second-order valence-electron chi connectivity index (χ2n) is 6.08. The summed E-state index contributed by atoms with van der Waals surface area (Å²) in [6, 6.07) is 0.469. The zero-order valence-corrected chi connectivity index (χ0v) is 17.4. The number of unbranched alkanes of at least 4 members (excludes halogenated alkanes) is 2. The molecular weight excluding hydrogens is 405 g/mol. The molecule has 23 heavy (non-hydrogen) atoms. The van der Waals surface area contributed by atoms with Crippen molar-refractivity contribution < 1.29 is 9.47 Å². The summed E-state index contributed by atoms with van der Waals surface area (Å²) >= 11 is 0. The fraction of sp³-hybridized carbons (Fsp3) is 0.941. The van der Waals surface area contributed by atoms with Gasteiger partial charge in [0.2, 0.25) is 0 Å². The molecule has 1 heterocycles. The summed E-state index contributed by atoms with van der Waals surface area (Å²) < 4.78 is 11.2. The Labute approximate surface area is 159 Å². The highest BCUT2D eigenvalue weighted by Gasteiger charge is 2.13. The van der Waals surface area contributed by atoms with Crippen LogP contribution in [0, 0.1) is 0 Å². The Bertz CT molecular complexity index is 298. The average Bonchev–Trinajstić information content (AvgIpc) is 2.54. The first kappa shape index (κ1) is 22.9. The predicted molar refractivity (Wildman–Crippen MR) is 108 cm³/mol. The molecule has 0 saturated carbocycles. The average molecular weight is 441 g/mol. The maximum absolute atomic E-state index is 5.86. The summed E-state index contributed by atoms with van der Waals surface area (Å²) in [7, 11) is 1.83. The first-order chi connectivity index (χ1) is 10.8. The summed E-state index contributed by atoms with van der Waals surface area (Å²) in [5.41, 5.74) is 0. The number of hydrogen-bond donors (Lipinski definition) is 2. The standard InChI is InChI=1S/C17H35N3O2.HI/c1-4-5-6-8-15(2)20-17(18-3)19-11-7-12-22-16-9-13-21-14-10-16;/h15-16H,4-14H2,1-3H3,(H2,18,19,20);1H. The third kappa shape index (κ3) is 12.0. The summed E-state index contributed by atoms with van der Waals surface area (Å²) in [6.45, 7) is 7.84. The number of aliphatic imine (C=N–C) groups is 1. The largest absolute Gasteiger partial charge is 0.381 e. The molecule has 138 valence electrons. The van der Waals surface area contributed by atoms with E-state index in [9.17, 15) is 0 Å². The lowest BCUT2D eigenvalue weighted by atomic mass is 10.1. The highest BCUT2D eigenvalue weighted by atomic mass is 127. The molecule has 1 saturated heterocycles. The van der Waals surface area contributed by atoms with Crippen LogP contribution in [0.25, 0.3) is 0 Å². The van der Waals surface area contributed by atoms with Gasteiger partial charge < -0.3 is 20.1 Å². The van der Waals surface area contributed by atoms with Gasteiger partial charge in [-0.15, -0.1) is 24.0 Å². The summed E-state index contributed by atoms with van der Waals surface area (Å²) in [5, 5.41) is 6.81. The Morgan fingerprint density at radius 3 is 2.65 bits per heavy atom. The zero-order valence-electron chi connectivity index (χ0n) is 15.1. The van der Waals surface area contributed by atoms with E-state index in [1.165, 1.54) is 25.7 Å². The van der Waals surface area contributed by atoms with Gasteiger partial charge in [0.1, 0.15) is 0 Å². The number of guanidine groups is 1. The van der Waals surface area contributed by atoms with Crippen molar-refractivity contribution in [3.05, 3.63) is 0 Å². The molecule has 1 rings (SSSR count). The van der Waals surface area contributed by atoms with Crippen LogP contribution < -0.4 is 10.6 Å². The van der Waals surface area contributed by atoms with Crippen molar-refractivity contribution in [3.63, 3.8) is 0 Å². The van der Waals surface area contributed by atoms with Crippen LogP contribution in [0.15, 0.2) is 4.99 Å². The van der Waals surface area contributed by atoms with Crippen LogP contribution in [0.5, 0.6) is 0 Å². The summed E-state index contributed by atoms with van der Waals surface area (Å²) in [6.07, 6.45) is 8.51. The number of nitrogens with zero attached hydrogens (tertiary/aromatic N) is 1. The van der Waals surface area contributed by atoms with Crippen molar-refractivity contribution in [2.75, 3.05) is 33.4 Å². The van der Waals surface area contributed by atoms with Crippen LogP contribution in [0.3, 0.4) is 0 Å². The van der Waals surface area contributed by atoms with Crippen LogP contribution in [-0.2, 0) is 9.47 Å². The molecule has 1 fully saturated rings. The first-order valence-electron chi connectivity index (χ1n) is 8.92. The third-order valence-electron chi connectivity index (χ3n) is 3.98. The Hall–Kier alpha value is -0.0800. The highest BCUT2D eigenvalue weighted by Crippen LogP contribution is 2.10. The van der Waals surface area contributed by atoms with Crippen LogP contribution >= 0.6 is 24.0 Å². The van der Waals surface area contributed by atoms with Gasteiger partial charge in [-0.3, -0.25) is 4.99 Å². The van der Waals surface area contributed by atoms with E-state index < -0.39 is 0 Å². The normalized spacial score (nSPS) is 17.4. The fourth-order valence-electron chi connectivity index (χ4n) is 2.57. The van der Waals surface area contributed by atoms with Gasteiger partial charge in [0.15, 0.2) is 5.96 Å². The van der Waals surface area contributed by atoms with Gasteiger partial charge >= 0.3 is 0 Å². The second-order valence-corrected chi connectivity index (χ2v) is 6.08. The van der Waals surface area contributed by atoms with Crippen molar-refractivity contribution in [1.82, 2.24) is 10.6 Å². The molecule has 0 radical (unpaired) electrons. The van der Waals surface area contributed by atoms with Crippen LogP contribution in [0.2, 0.25) is 0 Å². The molecule has 0 aromatic heterocycles. The Morgan fingerprint density at radius 2 is 2.00 bits per heavy atom. The van der Waals surface area contributed by atoms with E-state index in [0.717, 1.165) is 51.6 Å². The Morgan fingerprint density at radius 1 is 1.26 bits per heavy atom. The number of hydrogen-bond acceptors (Lipinski definition) is 3. The maximum atomic E-state index is 5.86. The van der Waals surface area contributed by atoms with Gasteiger partial charge in [-0.05, 0) is 32.6 Å². The highest BCUT2D eigenvalue weighted by molar-refractivity contribution is 14.0. The summed E-state index contributed by atoms with van der Waals surface area (Å²) in [5.74, 6) is 0.898. The first-order valence-corrected chi connectivity index (χ1v) is 8.92. The molecule has 0 spiro atoms. The van der Waals surface area contributed by atoms with Gasteiger partial charge in [0, 0.05) is 39.5 Å². The molecule has 6 heteroatoms. The Balaban J connectivity index is 0.00000484. The number of ether oxygens (including phenoxy) is 2. The predicted octanol–water partition coefficient (Wildman–Crippen LogP) is 3.32. The topological polar surface area (TPSA) is 54.9 Å². The minimum absolute atomic E-state index is 0. The lowest BCUT2D eigenvalue weighted by Crippen LogP contribution is -2.42. The monoisotopic (exact) mass is 441 g/mol. The molecule has 0 aliphatic carbocycles. The minimum Gasteiger partial charge on any atom is -0.381 e. The van der Waals surface area contributed by atoms with E-state index >= 15 is 0 Å². The maximum Gasteiger partial charge on any atom is 0.191 e. The van der Waals surface area contributed by atoms with Crippen LogP contribution in [0.4, 0.5) is 0 Å². The molecular formula is C17H36IN3O2. The molecule has 2 N–H and O–H groups in total. The molecule has 1 aliphatic heterocycles. The van der Waals surface area contributed by atoms with E-state index in [2.05, 4.69) is 29.5 Å². The fourth-order valence-corrected chi connectivity index (χ4v) is 2.57. The van der Waals surface area contributed by atoms with Crippen molar-refractivity contribution in [2.24, 2.45) is 4.99 Å². The van der Waals surface area contributed by atoms with Gasteiger partial charge in [-0.1, -0.05) is 26.2 Å². The van der Waals surface area contributed by atoms with Crippen LogP contribution in [-0.4, -0.2) is 51.5 Å². The molecule has 1 atom stereocenters. The Kier molecular flexibility index (Phi) is 15.4. The third-order valence-corrected chi connectivity index (χ3v) is 3.98. The van der Waals surface area contributed by atoms with E-state index in [-0.39, 0.29) is 24.0 Å².